The molecule has 1 spiro atoms. The molecule has 2 amide bonds. The van der Waals surface area contributed by atoms with Gasteiger partial charge in [0.05, 0.1) is 17.8 Å². The molecule has 2 aromatic carbocycles. The molecule has 0 unspecified atom stereocenters. The van der Waals surface area contributed by atoms with Crippen LogP contribution < -0.4 is 16.0 Å². The summed E-state index contributed by atoms with van der Waals surface area (Å²) >= 11 is 0. The maximum Gasteiger partial charge on any atom is 0.255 e. The fourth-order valence-corrected chi connectivity index (χ4v) is 4.85. The van der Waals surface area contributed by atoms with Crippen molar-refractivity contribution in [1.29, 1.82) is 0 Å². The van der Waals surface area contributed by atoms with Crippen LogP contribution in [0.25, 0.3) is 11.1 Å². The Kier molecular flexibility index (Phi) is 6.06. The first kappa shape index (κ1) is 23.1. The number of fused-ring (bicyclic) bond motifs is 1. The highest BCUT2D eigenvalue weighted by molar-refractivity contribution is 6.03. The van der Waals surface area contributed by atoms with E-state index in [9.17, 15) is 9.59 Å². The molecule has 0 bridgehead atoms. The van der Waals surface area contributed by atoms with Gasteiger partial charge in [0.1, 0.15) is 5.66 Å². The molecule has 1 aromatic heterocycles. The summed E-state index contributed by atoms with van der Waals surface area (Å²) in [4.78, 5) is 28.0. The van der Waals surface area contributed by atoms with Gasteiger partial charge in [-0.25, -0.2) is 0 Å². The molecule has 3 N–H and O–H groups in total. The van der Waals surface area contributed by atoms with Gasteiger partial charge in [-0.3, -0.25) is 9.59 Å². The van der Waals surface area contributed by atoms with E-state index < -0.39 is 0 Å². The SMILES string of the molecule is Cc1cc(CNC(=O)c2ccc(-c3ccc4c(c3)C(=O)NC3(CCN(C(C)C)CC3)N4)cc2)on1. The highest BCUT2D eigenvalue weighted by atomic mass is 16.5. The molecule has 3 aromatic rings. The quantitative estimate of drug-likeness (QED) is 0.519. The number of amides is 2. The lowest BCUT2D eigenvalue weighted by Gasteiger charge is -2.46. The van der Waals surface area contributed by atoms with Gasteiger partial charge in [-0.1, -0.05) is 23.4 Å². The second kappa shape index (κ2) is 9.19. The van der Waals surface area contributed by atoms with E-state index in [1.165, 1.54) is 0 Å². The number of hydrogen-bond donors (Lipinski definition) is 3. The minimum absolute atomic E-state index is 0.0442. The summed E-state index contributed by atoms with van der Waals surface area (Å²) in [6, 6.07) is 15.6. The zero-order chi connectivity index (χ0) is 24.6. The molecule has 35 heavy (non-hydrogen) atoms. The zero-order valence-corrected chi connectivity index (χ0v) is 20.4. The maximum atomic E-state index is 13.1. The Hall–Kier alpha value is -3.65. The molecule has 0 aliphatic carbocycles. The fraction of sp³-hybridized carbons (Fsp3) is 0.370. The van der Waals surface area contributed by atoms with E-state index in [-0.39, 0.29) is 24.0 Å². The molecular weight excluding hydrogens is 442 g/mol. The normalized spacial score (nSPS) is 17.1. The smallest absolute Gasteiger partial charge is 0.255 e. The van der Waals surface area contributed by atoms with E-state index >= 15 is 0 Å². The van der Waals surface area contributed by atoms with Crippen molar-refractivity contribution >= 4 is 17.5 Å². The number of hydrogen-bond acceptors (Lipinski definition) is 6. The zero-order valence-electron chi connectivity index (χ0n) is 20.4. The molecular formula is C27H31N5O3. The van der Waals surface area contributed by atoms with Crippen molar-refractivity contribution in [3.8, 4) is 11.1 Å². The third kappa shape index (κ3) is 4.79. The fourth-order valence-electron chi connectivity index (χ4n) is 4.85. The second-order valence-electron chi connectivity index (χ2n) is 9.75. The summed E-state index contributed by atoms with van der Waals surface area (Å²) in [5, 5.41) is 13.5. The monoisotopic (exact) mass is 473 g/mol. The Balaban J connectivity index is 1.27. The highest BCUT2D eigenvalue weighted by Crippen LogP contribution is 2.34. The second-order valence-corrected chi connectivity index (χ2v) is 9.75. The Morgan fingerprint density at radius 3 is 2.46 bits per heavy atom. The Labute approximate surface area is 205 Å². The highest BCUT2D eigenvalue weighted by Gasteiger charge is 2.40. The van der Waals surface area contributed by atoms with Crippen molar-refractivity contribution in [2.24, 2.45) is 0 Å². The van der Waals surface area contributed by atoms with Crippen LogP contribution in [0.3, 0.4) is 0 Å². The number of aromatic nitrogens is 1. The number of piperidine rings is 1. The van der Waals surface area contributed by atoms with Crippen LogP contribution in [0.15, 0.2) is 53.1 Å². The minimum atomic E-state index is -0.379. The first-order chi connectivity index (χ1) is 16.8. The minimum Gasteiger partial charge on any atom is -0.362 e. The van der Waals surface area contributed by atoms with Gasteiger partial charge in [-0.2, -0.15) is 0 Å². The van der Waals surface area contributed by atoms with Gasteiger partial charge in [0.2, 0.25) is 0 Å². The number of nitrogens with one attached hydrogen (secondary N) is 3. The molecule has 2 aliphatic heterocycles. The summed E-state index contributed by atoms with van der Waals surface area (Å²) in [6.45, 7) is 8.44. The molecule has 0 radical (unpaired) electrons. The van der Waals surface area contributed by atoms with Crippen molar-refractivity contribution < 1.29 is 14.1 Å². The Morgan fingerprint density at radius 2 is 1.80 bits per heavy atom. The van der Waals surface area contributed by atoms with Gasteiger partial charge < -0.3 is 25.4 Å². The predicted octanol–water partition coefficient (Wildman–Crippen LogP) is 3.94. The lowest BCUT2D eigenvalue weighted by atomic mass is 9.90. The molecule has 1 fully saturated rings. The van der Waals surface area contributed by atoms with Gasteiger partial charge in [0, 0.05) is 49.3 Å². The van der Waals surface area contributed by atoms with E-state index in [1.807, 2.05) is 37.3 Å². The van der Waals surface area contributed by atoms with Gasteiger partial charge in [-0.15, -0.1) is 0 Å². The van der Waals surface area contributed by atoms with Crippen LogP contribution in [0.1, 0.15) is 58.9 Å². The largest absolute Gasteiger partial charge is 0.362 e. The number of nitrogens with zero attached hydrogens (tertiary/aromatic N) is 2. The Morgan fingerprint density at radius 1 is 1.09 bits per heavy atom. The van der Waals surface area contributed by atoms with Gasteiger partial charge in [-0.05, 0) is 56.2 Å². The molecule has 8 heteroatoms. The maximum absolute atomic E-state index is 13.1. The molecule has 2 aliphatic rings. The van der Waals surface area contributed by atoms with Crippen molar-refractivity contribution in [3.05, 3.63) is 71.1 Å². The lowest BCUT2D eigenvalue weighted by Crippen LogP contribution is -2.62. The Bertz CT molecular complexity index is 1240. The van der Waals surface area contributed by atoms with Crippen LogP contribution in [0, 0.1) is 6.92 Å². The summed E-state index contributed by atoms with van der Waals surface area (Å²) in [5.41, 5.74) is 4.33. The number of benzene rings is 2. The van der Waals surface area contributed by atoms with Gasteiger partial charge in [0.25, 0.3) is 11.8 Å². The molecule has 3 heterocycles. The van der Waals surface area contributed by atoms with Crippen LogP contribution in [-0.2, 0) is 6.54 Å². The number of aryl methyl sites for hydroxylation is 1. The standard InChI is InChI=1S/C27H31N5O3/c1-17(2)32-12-10-27(11-13-32)29-24-9-8-21(15-23(24)26(34)30-27)19-4-6-20(7-5-19)25(33)28-16-22-14-18(3)31-35-22/h4-9,14-15,17,29H,10-13,16H2,1-3H3,(H,28,33)(H,30,34). The van der Waals surface area contributed by atoms with Gasteiger partial charge >= 0.3 is 0 Å². The molecule has 0 saturated carbocycles. The topological polar surface area (TPSA) is 99.5 Å². The van der Waals surface area contributed by atoms with Crippen molar-refractivity contribution in [2.45, 2.75) is 51.9 Å². The number of anilines is 1. The van der Waals surface area contributed by atoms with E-state index in [1.54, 1.807) is 18.2 Å². The molecule has 182 valence electrons. The molecule has 1 saturated heterocycles. The molecule has 5 rings (SSSR count). The van der Waals surface area contributed by atoms with E-state index in [0.29, 0.717) is 22.9 Å². The van der Waals surface area contributed by atoms with Crippen molar-refractivity contribution in [2.75, 3.05) is 18.4 Å². The average Bonchev–Trinajstić information content (AvgIpc) is 3.28. The van der Waals surface area contributed by atoms with Crippen LogP contribution in [-0.4, -0.2) is 46.7 Å². The summed E-state index contributed by atoms with van der Waals surface area (Å²) in [5.74, 6) is 0.381. The first-order valence-corrected chi connectivity index (χ1v) is 12.1. The van der Waals surface area contributed by atoms with Gasteiger partial charge in [0.15, 0.2) is 5.76 Å². The number of carbonyl (C=O) groups is 2. The average molecular weight is 474 g/mol. The molecule has 8 nitrogen and oxygen atoms in total. The number of carbonyl (C=O) groups excluding carboxylic acids is 2. The van der Waals surface area contributed by atoms with Crippen LogP contribution >= 0.6 is 0 Å². The van der Waals surface area contributed by atoms with Crippen molar-refractivity contribution in [1.82, 2.24) is 20.7 Å². The predicted molar refractivity (Wildman–Crippen MR) is 134 cm³/mol. The van der Waals surface area contributed by atoms with Crippen LogP contribution in [0.2, 0.25) is 0 Å². The van der Waals surface area contributed by atoms with Crippen molar-refractivity contribution in [3.63, 3.8) is 0 Å². The lowest BCUT2D eigenvalue weighted by molar-refractivity contribution is 0.0797. The van der Waals surface area contributed by atoms with Crippen LogP contribution in [0.4, 0.5) is 5.69 Å². The first-order valence-electron chi connectivity index (χ1n) is 12.1. The van der Waals surface area contributed by atoms with E-state index in [0.717, 1.165) is 48.4 Å². The molecule has 0 atom stereocenters. The summed E-state index contributed by atoms with van der Waals surface area (Å²) in [6.07, 6.45) is 1.75. The third-order valence-electron chi connectivity index (χ3n) is 6.95. The number of likely N-dealkylation sites (tertiary alicyclic amines) is 1. The van der Waals surface area contributed by atoms with E-state index in [4.69, 9.17) is 4.52 Å². The van der Waals surface area contributed by atoms with E-state index in [2.05, 4.69) is 39.9 Å². The number of rotatable bonds is 5. The summed E-state index contributed by atoms with van der Waals surface area (Å²) in [7, 11) is 0. The van der Waals surface area contributed by atoms with Crippen LogP contribution in [0.5, 0.6) is 0 Å². The summed E-state index contributed by atoms with van der Waals surface area (Å²) < 4.78 is 5.13. The third-order valence-corrected chi connectivity index (χ3v) is 6.95.